The minimum atomic E-state index is -3.70. The average Bonchev–Trinajstić information content (AvgIpc) is 2.93. The van der Waals surface area contributed by atoms with Crippen LogP contribution in [0.5, 0.6) is 0 Å². The van der Waals surface area contributed by atoms with Crippen molar-refractivity contribution < 1.29 is 18.2 Å². The first-order valence-corrected chi connectivity index (χ1v) is 10.6. The maximum Gasteiger partial charge on any atom is 0.549 e. The molecule has 2 rings (SSSR count). The highest BCUT2D eigenvalue weighted by Crippen LogP contribution is 2.47. The van der Waals surface area contributed by atoms with Gasteiger partial charge in [-0.1, -0.05) is 45.7 Å². The fraction of sp³-hybridized carbons (Fsp3) is 0.611. The van der Waals surface area contributed by atoms with Crippen molar-refractivity contribution in [3.63, 3.8) is 0 Å². The minimum Gasteiger partial charge on any atom is -0.309 e. The number of rotatable bonds is 12. The Morgan fingerprint density at radius 2 is 1.64 bits per heavy atom. The van der Waals surface area contributed by atoms with Gasteiger partial charge in [0.2, 0.25) is 0 Å². The summed E-state index contributed by atoms with van der Waals surface area (Å²) < 4.78 is 31.5. The van der Waals surface area contributed by atoms with Crippen LogP contribution >= 0.6 is 7.82 Å². The van der Waals surface area contributed by atoms with Crippen molar-refractivity contribution in [3.8, 4) is 0 Å². The van der Waals surface area contributed by atoms with Crippen LogP contribution in [-0.2, 0) is 20.0 Å². The minimum absolute atomic E-state index is 0.343. The second kappa shape index (κ2) is 9.95. The lowest BCUT2D eigenvalue weighted by Crippen LogP contribution is -2.16. The molecule has 7 heteroatoms. The molecular weight excluding hydrogens is 339 g/mol. The van der Waals surface area contributed by atoms with Gasteiger partial charge in [0, 0.05) is 6.42 Å². The van der Waals surface area contributed by atoms with Gasteiger partial charge in [-0.05, 0) is 31.4 Å². The maximum atomic E-state index is 13.1. The van der Waals surface area contributed by atoms with E-state index in [4.69, 9.17) is 13.7 Å². The van der Waals surface area contributed by atoms with Gasteiger partial charge < -0.3 is 4.62 Å². The van der Waals surface area contributed by atoms with E-state index in [1.165, 1.54) is 4.73 Å². The molecule has 0 saturated carbocycles. The number of fused-ring (bicyclic) bond motifs is 1. The lowest BCUT2D eigenvalue weighted by molar-refractivity contribution is 0.103. The molecule has 6 nitrogen and oxygen atoms in total. The molecule has 0 saturated heterocycles. The van der Waals surface area contributed by atoms with E-state index in [1.54, 1.807) is 0 Å². The number of phosphoric ester groups is 1. The van der Waals surface area contributed by atoms with Crippen molar-refractivity contribution in [2.45, 2.75) is 59.3 Å². The molecule has 0 aliphatic rings. The normalized spacial score (nSPS) is 12.0. The Labute approximate surface area is 150 Å². The van der Waals surface area contributed by atoms with E-state index in [-0.39, 0.29) is 0 Å². The summed E-state index contributed by atoms with van der Waals surface area (Å²) in [6.45, 7) is 6.86. The van der Waals surface area contributed by atoms with Crippen LogP contribution in [-0.4, -0.2) is 22.9 Å². The molecule has 0 unspecified atom stereocenters. The van der Waals surface area contributed by atoms with E-state index < -0.39 is 7.82 Å². The van der Waals surface area contributed by atoms with Gasteiger partial charge in [0.1, 0.15) is 11.3 Å². The van der Waals surface area contributed by atoms with Crippen LogP contribution in [0.3, 0.4) is 0 Å². The van der Waals surface area contributed by atoms with Gasteiger partial charge in [-0.3, -0.25) is 9.05 Å². The lowest BCUT2D eigenvalue weighted by Gasteiger charge is -2.19. The number of aryl methyl sites for hydroxylation is 1. The molecule has 0 aliphatic heterocycles. The number of phosphoric acid groups is 1. The molecule has 0 spiro atoms. The van der Waals surface area contributed by atoms with Crippen LogP contribution in [0, 0.1) is 0 Å². The van der Waals surface area contributed by atoms with Crippen LogP contribution in [0.25, 0.3) is 11.0 Å². The van der Waals surface area contributed by atoms with Crippen LogP contribution in [0.4, 0.5) is 0 Å². The topological polar surface area (TPSA) is 62.6 Å². The van der Waals surface area contributed by atoms with Gasteiger partial charge in [0.05, 0.1) is 18.7 Å². The van der Waals surface area contributed by atoms with Crippen molar-refractivity contribution in [1.29, 1.82) is 0 Å². The Bertz CT molecular complexity index is 687. The van der Waals surface area contributed by atoms with Crippen LogP contribution < -0.4 is 4.62 Å². The van der Waals surface area contributed by atoms with E-state index in [9.17, 15) is 4.57 Å². The van der Waals surface area contributed by atoms with E-state index in [0.717, 1.165) is 55.4 Å². The van der Waals surface area contributed by atoms with Crippen LogP contribution in [0.1, 0.15) is 58.7 Å². The smallest absolute Gasteiger partial charge is 0.309 e. The number of para-hydroxylation sites is 2. The molecule has 0 fully saturated rings. The van der Waals surface area contributed by atoms with Crippen LogP contribution in [0.2, 0.25) is 0 Å². The second-order valence-corrected chi connectivity index (χ2v) is 7.54. The largest absolute Gasteiger partial charge is 0.549 e. The number of hydrogen-bond acceptors (Lipinski definition) is 5. The highest BCUT2D eigenvalue weighted by atomic mass is 31.2. The predicted molar refractivity (Wildman–Crippen MR) is 99.6 cm³/mol. The Balaban J connectivity index is 2.28. The summed E-state index contributed by atoms with van der Waals surface area (Å²) >= 11 is 0. The maximum absolute atomic E-state index is 13.1. The van der Waals surface area contributed by atoms with E-state index in [1.807, 2.05) is 24.3 Å². The van der Waals surface area contributed by atoms with Crippen LogP contribution in [0.15, 0.2) is 24.3 Å². The van der Waals surface area contributed by atoms with Crippen molar-refractivity contribution in [2.24, 2.45) is 0 Å². The first-order valence-electron chi connectivity index (χ1n) is 9.19. The Morgan fingerprint density at radius 3 is 2.24 bits per heavy atom. The van der Waals surface area contributed by atoms with Gasteiger partial charge in [-0.2, -0.15) is 4.73 Å². The molecule has 25 heavy (non-hydrogen) atoms. The van der Waals surface area contributed by atoms with Gasteiger partial charge in [0.25, 0.3) is 0 Å². The van der Waals surface area contributed by atoms with Gasteiger partial charge in [0.15, 0.2) is 0 Å². The number of aromatic nitrogens is 2. The third kappa shape index (κ3) is 5.56. The van der Waals surface area contributed by atoms with Gasteiger partial charge in [-0.15, -0.1) is 0 Å². The molecule has 1 aromatic carbocycles. The molecule has 0 amide bonds. The Hall–Kier alpha value is -1.36. The SMILES string of the molecule is CCCCOP(=O)(OCCCC)On1c(CCC)nc2ccccc21. The highest BCUT2D eigenvalue weighted by molar-refractivity contribution is 7.48. The summed E-state index contributed by atoms with van der Waals surface area (Å²) in [6, 6.07) is 7.63. The highest BCUT2D eigenvalue weighted by Gasteiger charge is 2.31. The number of nitrogens with zero attached hydrogens (tertiary/aromatic N) is 2. The second-order valence-electron chi connectivity index (χ2n) is 5.96. The zero-order valence-corrected chi connectivity index (χ0v) is 16.3. The number of imidazole rings is 1. The number of unbranched alkanes of at least 4 members (excludes halogenated alkanes) is 2. The Morgan fingerprint density at radius 1 is 1.00 bits per heavy atom. The van der Waals surface area contributed by atoms with Gasteiger partial charge in [-0.25, -0.2) is 9.55 Å². The predicted octanol–water partition coefficient (Wildman–Crippen LogP) is 5.16. The lowest BCUT2D eigenvalue weighted by atomic mass is 10.3. The van der Waals surface area contributed by atoms with E-state index in [2.05, 4.69) is 25.8 Å². The van der Waals surface area contributed by atoms with Crippen molar-refractivity contribution in [1.82, 2.24) is 9.71 Å². The zero-order chi connectivity index (χ0) is 18.1. The molecule has 0 atom stereocenters. The first-order chi connectivity index (χ1) is 12.1. The summed E-state index contributed by atoms with van der Waals surface area (Å²) in [7, 11) is -3.70. The monoisotopic (exact) mass is 368 g/mol. The summed E-state index contributed by atoms with van der Waals surface area (Å²) in [5, 5.41) is 0. The number of hydrogen-bond donors (Lipinski definition) is 0. The Kier molecular flexibility index (Phi) is 7.94. The van der Waals surface area contributed by atoms with Crippen molar-refractivity contribution >= 4 is 18.9 Å². The summed E-state index contributed by atoms with van der Waals surface area (Å²) in [5.74, 6) is 0.724. The summed E-state index contributed by atoms with van der Waals surface area (Å²) in [5.41, 5.74) is 1.57. The summed E-state index contributed by atoms with van der Waals surface area (Å²) in [4.78, 5) is 4.59. The molecule has 2 aromatic rings. The standard InChI is InChI=1S/C18H29N2O4P/c1-4-7-14-22-25(21,23-15-8-5-2)24-20-17-13-10-9-12-16(17)19-18(20)11-6-3/h9-10,12-13H,4-8,11,14-15H2,1-3H3. The first kappa shape index (κ1) is 20.0. The van der Waals surface area contributed by atoms with Crippen molar-refractivity contribution in [2.75, 3.05) is 13.2 Å². The van der Waals surface area contributed by atoms with E-state index in [0.29, 0.717) is 13.2 Å². The summed E-state index contributed by atoms with van der Waals surface area (Å²) in [6.07, 6.45) is 5.13. The molecule has 0 N–H and O–H groups in total. The number of benzene rings is 1. The van der Waals surface area contributed by atoms with Crippen molar-refractivity contribution in [3.05, 3.63) is 30.1 Å². The molecule has 140 valence electrons. The molecule has 1 heterocycles. The molecule has 0 radical (unpaired) electrons. The third-order valence-electron chi connectivity index (χ3n) is 3.73. The molecule has 0 aliphatic carbocycles. The fourth-order valence-electron chi connectivity index (χ4n) is 2.35. The fourth-order valence-corrected chi connectivity index (χ4v) is 3.61. The quantitative estimate of drug-likeness (QED) is 0.382. The molecule has 0 bridgehead atoms. The third-order valence-corrected chi connectivity index (χ3v) is 5.10. The van der Waals surface area contributed by atoms with E-state index >= 15 is 0 Å². The molecular formula is C18H29N2O4P. The van der Waals surface area contributed by atoms with Gasteiger partial charge >= 0.3 is 7.82 Å². The zero-order valence-electron chi connectivity index (χ0n) is 15.4. The molecule has 1 aromatic heterocycles. The average molecular weight is 368 g/mol.